The number of anilines is 3. The molecule has 0 radical (unpaired) electrons. The number of benzene rings is 2. The Morgan fingerprint density at radius 1 is 1.11 bits per heavy atom. The molecule has 150 valence electrons. The Morgan fingerprint density at radius 3 is 2.54 bits per heavy atom. The minimum absolute atomic E-state index is 0.00640. The van der Waals surface area contributed by atoms with Crippen LogP contribution in [0.15, 0.2) is 36.4 Å². The molecular weight excluding hydrogens is 395 g/mol. The number of hydrogen-bond acceptors (Lipinski definition) is 4. The fourth-order valence-corrected chi connectivity index (χ4v) is 5.17. The highest BCUT2D eigenvalue weighted by molar-refractivity contribution is 7.95. The maximum Gasteiger partial charge on any atom is 0.331 e. The second-order valence-electron chi connectivity index (χ2n) is 6.53. The van der Waals surface area contributed by atoms with Crippen LogP contribution < -0.4 is 13.9 Å². The second-order valence-corrected chi connectivity index (χ2v) is 8.23. The zero-order chi connectivity index (χ0) is 19.9. The number of halogens is 3. The van der Waals surface area contributed by atoms with Crippen LogP contribution in [-0.4, -0.2) is 40.8 Å². The standard InChI is InChI=1S/C18H18F3N3O3S/c19-12-4-5-16-17(10-12)23(8-6-13-11-22-7-9-27-13)28(25,26)24(16)18-14(20)2-1-3-15(18)21/h1-5,10,13,22H,6-9,11H2/t13-/m0/s1. The van der Waals surface area contributed by atoms with E-state index in [1.807, 2.05) is 0 Å². The van der Waals surface area contributed by atoms with Gasteiger partial charge in [0.1, 0.15) is 11.5 Å². The molecule has 0 unspecified atom stereocenters. The van der Waals surface area contributed by atoms with Crippen LogP contribution in [0.4, 0.5) is 30.2 Å². The van der Waals surface area contributed by atoms with E-state index in [0.717, 1.165) is 34.6 Å². The van der Waals surface area contributed by atoms with Gasteiger partial charge in [0.25, 0.3) is 0 Å². The van der Waals surface area contributed by atoms with Crippen LogP contribution in [0.2, 0.25) is 0 Å². The Balaban J connectivity index is 1.75. The Hall–Kier alpha value is -2.30. The van der Waals surface area contributed by atoms with Gasteiger partial charge in [0.15, 0.2) is 11.6 Å². The molecule has 4 rings (SSSR count). The molecule has 0 amide bonds. The first kappa shape index (κ1) is 19.0. The van der Waals surface area contributed by atoms with Gasteiger partial charge in [-0.1, -0.05) is 6.07 Å². The molecule has 2 aliphatic heterocycles. The molecular formula is C18H18F3N3O3S. The zero-order valence-electron chi connectivity index (χ0n) is 14.7. The average molecular weight is 413 g/mol. The summed E-state index contributed by atoms with van der Waals surface area (Å²) in [5, 5.41) is 3.15. The van der Waals surface area contributed by atoms with Crippen molar-refractivity contribution < 1.29 is 26.3 Å². The Labute approximate surface area is 160 Å². The van der Waals surface area contributed by atoms with E-state index in [9.17, 15) is 21.6 Å². The number of nitrogens with zero attached hydrogens (tertiary/aromatic N) is 2. The van der Waals surface area contributed by atoms with Crippen molar-refractivity contribution in [1.82, 2.24) is 5.32 Å². The summed E-state index contributed by atoms with van der Waals surface area (Å²) >= 11 is 0. The first-order valence-electron chi connectivity index (χ1n) is 8.78. The van der Waals surface area contributed by atoms with Gasteiger partial charge in [-0.05, 0) is 30.7 Å². The van der Waals surface area contributed by atoms with Crippen molar-refractivity contribution in [3.8, 4) is 0 Å². The van der Waals surface area contributed by atoms with E-state index < -0.39 is 33.3 Å². The van der Waals surface area contributed by atoms with Crippen LogP contribution in [0, 0.1) is 17.5 Å². The predicted octanol–water partition coefficient (Wildman–Crippen LogP) is 2.69. The van der Waals surface area contributed by atoms with E-state index in [4.69, 9.17) is 4.74 Å². The lowest BCUT2D eigenvalue weighted by Crippen LogP contribution is -2.42. The molecule has 0 bridgehead atoms. The average Bonchev–Trinajstić information content (AvgIpc) is 2.87. The summed E-state index contributed by atoms with van der Waals surface area (Å²) in [5.74, 6) is -2.70. The van der Waals surface area contributed by atoms with Crippen LogP contribution in [0.3, 0.4) is 0 Å². The Kier molecular flexibility index (Phi) is 4.94. The topological polar surface area (TPSA) is 61.9 Å². The van der Waals surface area contributed by atoms with Crippen LogP contribution in [-0.2, 0) is 14.9 Å². The van der Waals surface area contributed by atoms with Crippen molar-refractivity contribution in [3.63, 3.8) is 0 Å². The number of fused-ring (bicyclic) bond motifs is 1. The fourth-order valence-electron chi connectivity index (χ4n) is 3.44. The van der Waals surface area contributed by atoms with Crippen LogP contribution in [0.1, 0.15) is 6.42 Å². The quantitative estimate of drug-likeness (QED) is 0.837. The summed E-state index contributed by atoms with van der Waals surface area (Å²) in [6, 6.07) is 6.40. The van der Waals surface area contributed by atoms with Gasteiger partial charge < -0.3 is 10.1 Å². The second kappa shape index (κ2) is 7.26. The van der Waals surface area contributed by atoms with Crippen LogP contribution in [0.25, 0.3) is 0 Å². The van der Waals surface area contributed by atoms with E-state index >= 15 is 0 Å². The minimum atomic E-state index is -4.36. The summed E-state index contributed by atoms with van der Waals surface area (Å²) in [4.78, 5) is 0. The smallest absolute Gasteiger partial charge is 0.331 e. The van der Waals surface area contributed by atoms with E-state index in [1.165, 1.54) is 6.07 Å². The highest BCUT2D eigenvalue weighted by Crippen LogP contribution is 2.47. The van der Waals surface area contributed by atoms with Crippen LogP contribution >= 0.6 is 0 Å². The van der Waals surface area contributed by atoms with Gasteiger partial charge in [-0.15, -0.1) is 0 Å². The molecule has 0 saturated carbocycles. The molecule has 2 aromatic carbocycles. The number of rotatable bonds is 4. The van der Waals surface area contributed by atoms with E-state index in [0.29, 0.717) is 30.4 Å². The lowest BCUT2D eigenvalue weighted by atomic mass is 10.2. The summed E-state index contributed by atoms with van der Waals surface area (Å²) in [6.45, 7) is 1.77. The summed E-state index contributed by atoms with van der Waals surface area (Å²) in [7, 11) is -4.36. The monoisotopic (exact) mass is 413 g/mol. The number of nitrogens with one attached hydrogen (secondary N) is 1. The predicted molar refractivity (Wildman–Crippen MR) is 98.4 cm³/mol. The molecule has 2 heterocycles. The zero-order valence-corrected chi connectivity index (χ0v) is 15.6. The van der Waals surface area contributed by atoms with Gasteiger partial charge in [0, 0.05) is 25.7 Å². The number of ether oxygens (including phenoxy) is 1. The fraction of sp³-hybridized carbons (Fsp3) is 0.333. The number of morpholine rings is 1. The summed E-state index contributed by atoms with van der Waals surface area (Å²) < 4.78 is 76.0. The molecule has 2 aromatic rings. The van der Waals surface area contributed by atoms with Gasteiger partial charge in [-0.25, -0.2) is 17.5 Å². The third-order valence-corrected chi connectivity index (χ3v) is 6.51. The minimum Gasteiger partial charge on any atom is -0.376 e. The van der Waals surface area contributed by atoms with Crippen molar-refractivity contribution in [2.45, 2.75) is 12.5 Å². The number of para-hydroxylation sites is 1. The van der Waals surface area contributed by atoms with Crippen molar-refractivity contribution in [2.75, 3.05) is 34.9 Å². The molecule has 1 N–H and O–H groups in total. The maximum absolute atomic E-state index is 14.4. The van der Waals surface area contributed by atoms with Crippen LogP contribution in [0.5, 0.6) is 0 Å². The first-order valence-corrected chi connectivity index (χ1v) is 10.2. The van der Waals surface area contributed by atoms with E-state index in [2.05, 4.69) is 5.32 Å². The van der Waals surface area contributed by atoms with Gasteiger partial charge >= 0.3 is 10.2 Å². The molecule has 28 heavy (non-hydrogen) atoms. The lowest BCUT2D eigenvalue weighted by Gasteiger charge is -2.27. The van der Waals surface area contributed by atoms with Crippen molar-refractivity contribution in [1.29, 1.82) is 0 Å². The molecule has 0 aliphatic carbocycles. The van der Waals surface area contributed by atoms with Crippen molar-refractivity contribution in [3.05, 3.63) is 53.8 Å². The molecule has 6 nitrogen and oxygen atoms in total. The van der Waals surface area contributed by atoms with E-state index in [1.54, 1.807) is 0 Å². The maximum atomic E-state index is 14.4. The molecule has 1 atom stereocenters. The molecule has 0 aromatic heterocycles. The molecule has 2 aliphatic rings. The highest BCUT2D eigenvalue weighted by atomic mass is 32.2. The van der Waals surface area contributed by atoms with Gasteiger partial charge in [-0.2, -0.15) is 8.42 Å². The molecule has 10 heteroatoms. The normalized spacial score (nSPS) is 21.0. The SMILES string of the molecule is O=S1(=O)N(CC[C@H]2CNCCO2)c2cc(F)ccc2N1c1c(F)cccc1F. The largest absolute Gasteiger partial charge is 0.376 e. The third-order valence-electron chi connectivity index (χ3n) is 4.73. The van der Waals surface area contributed by atoms with E-state index in [-0.39, 0.29) is 24.0 Å². The third kappa shape index (κ3) is 3.21. The lowest BCUT2D eigenvalue weighted by molar-refractivity contribution is 0.0254. The Morgan fingerprint density at radius 2 is 1.86 bits per heavy atom. The molecule has 1 saturated heterocycles. The highest BCUT2D eigenvalue weighted by Gasteiger charge is 2.43. The Bertz CT molecular complexity index is 977. The first-order chi connectivity index (χ1) is 13.4. The summed E-state index contributed by atoms with van der Waals surface area (Å²) in [5.41, 5.74) is -0.687. The number of hydrogen-bond donors (Lipinski definition) is 1. The molecule has 1 fully saturated rings. The van der Waals surface area contributed by atoms with Gasteiger partial charge in [-0.3, -0.25) is 4.31 Å². The van der Waals surface area contributed by atoms with Gasteiger partial charge in [0.05, 0.1) is 24.1 Å². The van der Waals surface area contributed by atoms with Crippen molar-refractivity contribution in [2.24, 2.45) is 0 Å². The van der Waals surface area contributed by atoms with Crippen molar-refractivity contribution >= 4 is 27.3 Å². The molecule has 0 spiro atoms. The summed E-state index contributed by atoms with van der Waals surface area (Å²) in [6.07, 6.45) is 0.135. The van der Waals surface area contributed by atoms with Gasteiger partial charge in [0.2, 0.25) is 0 Å².